The first-order valence-electron chi connectivity index (χ1n) is 8.83. The minimum absolute atomic E-state index is 0.367. The molecule has 0 unspecified atom stereocenters. The fraction of sp³-hybridized carbons (Fsp3) is 0.190. The zero-order valence-electron chi connectivity index (χ0n) is 15.7. The van der Waals surface area contributed by atoms with Crippen molar-refractivity contribution in [3.8, 4) is 17.0 Å². The Balaban J connectivity index is 1.74. The number of ether oxygens (including phenoxy) is 2. The Morgan fingerprint density at radius 2 is 1.93 bits per heavy atom. The maximum absolute atomic E-state index is 5.24. The fourth-order valence-electron chi connectivity index (χ4n) is 3.00. The molecule has 0 aliphatic carbocycles. The second-order valence-electron chi connectivity index (χ2n) is 6.18. The van der Waals surface area contributed by atoms with Crippen LogP contribution in [0.15, 0.2) is 54.0 Å². The minimum Gasteiger partial charge on any atom is -0.481 e. The van der Waals surface area contributed by atoms with Gasteiger partial charge in [0.1, 0.15) is 17.3 Å². The zero-order chi connectivity index (χ0) is 19.3. The lowest BCUT2D eigenvalue weighted by atomic mass is 10.1. The van der Waals surface area contributed by atoms with E-state index in [4.69, 9.17) is 14.5 Å². The second kappa shape index (κ2) is 8.33. The molecule has 0 atom stereocenters. The summed E-state index contributed by atoms with van der Waals surface area (Å²) in [6.07, 6.45) is 1.74. The van der Waals surface area contributed by atoms with Gasteiger partial charge in [-0.3, -0.25) is 0 Å². The summed E-state index contributed by atoms with van der Waals surface area (Å²) in [6, 6.07) is 14.2. The van der Waals surface area contributed by atoms with E-state index in [2.05, 4.69) is 32.8 Å². The van der Waals surface area contributed by atoms with Gasteiger partial charge in [-0.15, -0.1) is 11.3 Å². The van der Waals surface area contributed by atoms with Crippen molar-refractivity contribution in [2.75, 3.05) is 19.5 Å². The normalized spacial score (nSPS) is 10.9. The molecule has 0 amide bonds. The average molecular weight is 392 g/mol. The van der Waals surface area contributed by atoms with Gasteiger partial charge in [-0.2, -0.15) is 0 Å². The Hall–Kier alpha value is -3.03. The van der Waals surface area contributed by atoms with E-state index in [0.717, 1.165) is 32.7 Å². The van der Waals surface area contributed by atoms with Gasteiger partial charge in [-0.1, -0.05) is 30.3 Å². The minimum atomic E-state index is 0.367. The van der Waals surface area contributed by atoms with E-state index >= 15 is 0 Å². The largest absolute Gasteiger partial charge is 0.481 e. The highest BCUT2D eigenvalue weighted by Crippen LogP contribution is 2.37. The molecule has 3 aromatic heterocycles. The highest BCUT2D eigenvalue weighted by Gasteiger charge is 2.15. The lowest BCUT2D eigenvalue weighted by Gasteiger charge is -2.11. The van der Waals surface area contributed by atoms with E-state index in [9.17, 15) is 0 Å². The molecule has 0 aliphatic rings. The summed E-state index contributed by atoms with van der Waals surface area (Å²) in [7, 11) is 3.26. The number of fused-ring (bicyclic) bond motifs is 1. The van der Waals surface area contributed by atoms with Crippen molar-refractivity contribution in [2.45, 2.75) is 13.2 Å². The number of nitrogens with zero attached hydrogens (tertiary/aromatic N) is 3. The molecule has 4 aromatic rings. The molecule has 1 N–H and O–H groups in total. The van der Waals surface area contributed by atoms with Crippen LogP contribution in [-0.2, 0) is 17.9 Å². The van der Waals surface area contributed by atoms with Gasteiger partial charge >= 0.3 is 0 Å². The highest BCUT2D eigenvalue weighted by atomic mass is 32.1. The van der Waals surface area contributed by atoms with Gasteiger partial charge in [-0.05, 0) is 17.2 Å². The molecule has 7 heteroatoms. The van der Waals surface area contributed by atoms with Gasteiger partial charge in [0.15, 0.2) is 5.82 Å². The number of hydrogen-bond donors (Lipinski definition) is 1. The Morgan fingerprint density at radius 3 is 2.71 bits per heavy atom. The number of nitrogens with one attached hydrogen (secondary N) is 1. The Labute approximate surface area is 167 Å². The maximum atomic E-state index is 5.24. The number of methoxy groups -OCH3 is 2. The SMILES string of the molecule is COCc1nc(NCc2ccnc(OC)c2)c2c(-c3ccccc3)csc2n1. The first kappa shape index (κ1) is 18.3. The van der Waals surface area contributed by atoms with Gasteiger partial charge < -0.3 is 14.8 Å². The van der Waals surface area contributed by atoms with Gasteiger partial charge in [0.2, 0.25) is 5.88 Å². The topological polar surface area (TPSA) is 69.2 Å². The third-order valence-corrected chi connectivity index (χ3v) is 5.18. The third-order valence-electron chi connectivity index (χ3n) is 4.31. The van der Waals surface area contributed by atoms with Crippen LogP contribution in [0.1, 0.15) is 11.4 Å². The van der Waals surface area contributed by atoms with E-state index in [1.807, 2.05) is 30.3 Å². The van der Waals surface area contributed by atoms with E-state index < -0.39 is 0 Å². The lowest BCUT2D eigenvalue weighted by molar-refractivity contribution is 0.178. The molecule has 0 bridgehead atoms. The Kier molecular flexibility index (Phi) is 5.45. The molecule has 28 heavy (non-hydrogen) atoms. The first-order chi connectivity index (χ1) is 13.8. The number of thiophene rings is 1. The molecule has 0 spiro atoms. The van der Waals surface area contributed by atoms with Crippen LogP contribution in [0.2, 0.25) is 0 Å². The zero-order valence-corrected chi connectivity index (χ0v) is 16.5. The van der Waals surface area contributed by atoms with Crippen molar-refractivity contribution in [2.24, 2.45) is 0 Å². The predicted molar refractivity (Wildman–Crippen MR) is 112 cm³/mol. The highest BCUT2D eigenvalue weighted by molar-refractivity contribution is 7.17. The molecular formula is C21H20N4O2S. The summed E-state index contributed by atoms with van der Waals surface area (Å²) in [5.74, 6) is 2.05. The molecule has 0 fully saturated rings. The van der Waals surface area contributed by atoms with E-state index in [0.29, 0.717) is 24.9 Å². The quantitative estimate of drug-likeness (QED) is 0.499. The standard InChI is InChI=1S/C21H20N4O2S/c1-26-12-17-24-20(23-11-14-8-9-22-18(10-14)27-2)19-16(13-28-21(19)25-17)15-6-4-3-5-7-15/h3-10,13H,11-12H2,1-2H3,(H,23,24,25). The predicted octanol–water partition coefficient (Wildman–Crippen LogP) is 4.52. The van der Waals surface area contributed by atoms with Crippen LogP contribution in [0, 0.1) is 0 Å². The van der Waals surface area contributed by atoms with E-state index in [1.165, 1.54) is 0 Å². The van der Waals surface area contributed by atoms with Crippen LogP contribution in [-0.4, -0.2) is 29.2 Å². The van der Waals surface area contributed by atoms with Crippen molar-refractivity contribution >= 4 is 27.4 Å². The number of anilines is 1. The maximum Gasteiger partial charge on any atom is 0.213 e. The van der Waals surface area contributed by atoms with Crippen LogP contribution in [0.4, 0.5) is 5.82 Å². The number of rotatable bonds is 7. The van der Waals surface area contributed by atoms with E-state index in [-0.39, 0.29) is 0 Å². The van der Waals surface area contributed by atoms with Crippen LogP contribution < -0.4 is 10.1 Å². The summed E-state index contributed by atoms with van der Waals surface area (Å²) in [6.45, 7) is 0.966. The van der Waals surface area contributed by atoms with Crippen molar-refractivity contribution in [3.05, 3.63) is 65.4 Å². The summed E-state index contributed by atoms with van der Waals surface area (Å²) < 4.78 is 10.5. The molecule has 4 rings (SSSR count). The molecule has 142 valence electrons. The molecule has 1 aromatic carbocycles. The first-order valence-corrected chi connectivity index (χ1v) is 9.71. The summed E-state index contributed by atoms with van der Waals surface area (Å²) in [5, 5.41) is 6.62. The fourth-order valence-corrected chi connectivity index (χ4v) is 3.96. The molecule has 6 nitrogen and oxygen atoms in total. The lowest BCUT2D eigenvalue weighted by Crippen LogP contribution is -2.06. The molecule has 0 aliphatic heterocycles. The Morgan fingerprint density at radius 1 is 1.07 bits per heavy atom. The van der Waals surface area contributed by atoms with Crippen molar-refractivity contribution in [1.29, 1.82) is 0 Å². The number of hydrogen-bond acceptors (Lipinski definition) is 7. The molecule has 0 saturated carbocycles. The molecule has 3 heterocycles. The second-order valence-corrected chi connectivity index (χ2v) is 7.04. The van der Waals surface area contributed by atoms with Gasteiger partial charge in [0.05, 0.1) is 12.5 Å². The number of benzene rings is 1. The van der Waals surface area contributed by atoms with Crippen molar-refractivity contribution in [1.82, 2.24) is 15.0 Å². The van der Waals surface area contributed by atoms with Crippen LogP contribution in [0.5, 0.6) is 5.88 Å². The van der Waals surface area contributed by atoms with Gasteiger partial charge in [0, 0.05) is 36.9 Å². The summed E-state index contributed by atoms with van der Waals surface area (Å²) in [4.78, 5) is 14.5. The van der Waals surface area contributed by atoms with Crippen LogP contribution in [0.3, 0.4) is 0 Å². The van der Waals surface area contributed by atoms with Crippen LogP contribution in [0.25, 0.3) is 21.3 Å². The monoisotopic (exact) mass is 392 g/mol. The van der Waals surface area contributed by atoms with Crippen LogP contribution >= 0.6 is 11.3 Å². The van der Waals surface area contributed by atoms with Gasteiger partial charge in [0.25, 0.3) is 0 Å². The third kappa shape index (κ3) is 3.81. The molecular weight excluding hydrogens is 372 g/mol. The van der Waals surface area contributed by atoms with E-state index in [1.54, 1.807) is 31.8 Å². The molecule has 0 radical (unpaired) electrons. The summed E-state index contributed by atoms with van der Waals surface area (Å²) >= 11 is 1.61. The average Bonchev–Trinajstić information content (AvgIpc) is 3.17. The van der Waals surface area contributed by atoms with Crippen molar-refractivity contribution in [3.63, 3.8) is 0 Å². The number of aromatic nitrogens is 3. The Bertz CT molecular complexity index is 1080. The smallest absolute Gasteiger partial charge is 0.213 e. The van der Waals surface area contributed by atoms with Gasteiger partial charge in [-0.25, -0.2) is 15.0 Å². The number of pyridine rings is 1. The summed E-state index contributed by atoms with van der Waals surface area (Å²) in [5.41, 5.74) is 3.33. The molecule has 0 saturated heterocycles. The van der Waals surface area contributed by atoms with Crippen molar-refractivity contribution < 1.29 is 9.47 Å².